The minimum Gasteiger partial charge on any atom is -0.316 e. The average Bonchev–Trinajstić information content (AvgIpc) is 2.29. The number of halogens is 8. The Hall–Kier alpha value is -0.660. The van der Waals surface area contributed by atoms with Crippen LogP contribution in [0.25, 0.3) is 0 Å². The zero-order valence-electron chi connectivity index (χ0n) is 10.6. The Morgan fingerprint density at radius 3 is 1.90 bits per heavy atom. The molecule has 1 atom stereocenters. The minimum atomic E-state index is -5.40. The first-order valence-corrected chi connectivity index (χ1v) is 6.47. The quantitative estimate of drug-likeness (QED) is 0.762. The third kappa shape index (κ3) is 4.93. The number of hydrogen-bond donors (Lipinski definition) is 1. The fourth-order valence-corrected chi connectivity index (χ4v) is 2.27. The van der Waals surface area contributed by atoms with Crippen molar-refractivity contribution in [2.75, 3.05) is 7.05 Å². The fraction of sp³-hybridized carbons (Fsp3) is 0.500. The van der Waals surface area contributed by atoms with Crippen LogP contribution >= 0.6 is 23.2 Å². The van der Waals surface area contributed by atoms with E-state index in [1.165, 1.54) is 18.2 Å². The molecule has 0 saturated heterocycles. The standard InChI is InChI=1S/C12H11Cl2F6N/c1-21-9(10(11(15,16)17)12(18,19)20)5-6-2-3-7(13)8(14)4-6/h2-4,9-10,21H,5H2,1H3. The van der Waals surface area contributed by atoms with E-state index in [9.17, 15) is 26.3 Å². The number of likely N-dealkylation sites (N-methyl/N-ethyl adjacent to an activating group) is 1. The van der Waals surface area contributed by atoms with Crippen molar-refractivity contribution in [2.24, 2.45) is 5.92 Å². The van der Waals surface area contributed by atoms with Gasteiger partial charge in [-0.15, -0.1) is 0 Å². The molecule has 21 heavy (non-hydrogen) atoms. The fourth-order valence-electron chi connectivity index (χ4n) is 1.95. The Bertz CT molecular complexity index is 472. The monoisotopic (exact) mass is 353 g/mol. The molecular formula is C12H11Cl2F6N. The van der Waals surface area contributed by atoms with Crippen molar-refractivity contribution < 1.29 is 26.3 Å². The number of benzene rings is 1. The van der Waals surface area contributed by atoms with Gasteiger partial charge in [-0.25, -0.2) is 0 Å². The molecule has 0 bridgehead atoms. The van der Waals surface area contributed by atoms with Gasteiger partial charge in [-0.1, -0.05) is 29.3 Å². The summed E-state index contributed by atoms with van der Waals surface area (Å²) in [5, 5.41) is 2.32. The summed E-state index contributed by atoms with van der Waals surface area (Å²) >= 11 is 11.4. The average molecular weight is 354 g/mol. The second-order valence-corrected chi connectivity index (χ2v) is 5.22. The minimum absolute atomic E-state index is 0.0691. The van der Waals surface area contributed by atoms with Crippen LogP contribution in [0, 0.1) is 5.92 Å². The second-order valence-electron chi connectivity index (χ2n) is 4.41. The summed E-state index contributed by atoms with van der Waals surface area (Å²) in [6.45, 7) is 0. The molecule has 0 aliphatic heterocycles. The van der Waals surface area contributed by atoms with E-state index in [4.69, 9.17) is 23.2 Å². The predicted molar refractivity (Wildman–Crippen MR) is 68.6 cm³/mol. The molecule has 1 rings (SSSR count). The maximum absolute atomic E-state index is 12.7. The molecule has 1 unspecified atom stereocenters. The first kappa shape index (κ1) is 18.4. The highest BCUT2D eigenvalue weighted by Gasteiger charge is 2.59. The third-order valence-electron chi connectivity index (χ3n) is 2.92. The molecule has 1 nitrogen and oxygen atoms in total. The Morgan fingerprint density at radius 2 is 1.52 bits per heavy atom. The van der Waals surface area contributed by atoms with Crippen LogP contribution in [0.3, 0.4) is 0 Å². The van der Waals surface area contributed by atoms with Crippen LogP contribution in [0.5, 0.6) is 0 Å². The van der Waals surface area contributed by atoms with Crippen molar-refractivity contribution in [1.82, 2.24) is 5.32 Å². The van der Waals surface area contributed by atoms with Crippen molar-refractivity contribution in [2.45, 2.75) is 24.8 Å². The normalized spacial score (nSPS) is 14.6. The lowest BCUT2D eigenvalue weighted by Crippen LogP contribution is -2.51. The molecule has 0 fully saturated rings. The van der Waals surface area contributed by atoms with Crippen LogP contribution in [0.4, 0.5) is 26.3 Å². The van der Waals surface area contributed by atoms with Gasteiger partial charge in [-0.3, -0.25) is 0 Å². The van der Waals surface area contributed by atoms with Crippen LogP contribution < -0.4 is 5.32 Å². The van der Waals surface area contributed by atoms with Crippen molar-refractivity contribution >= 4 is 23.2 Å². The van der Waals surface area contributed by atoms with Crippen LogP contribution in [-0.2, 0) is 6.42 Å². The topological polar surface area (TPSA) is 12.0 Å². The molecule has 0 spiro atoms. The Morgan fingerprint density at radius 1 is 1.00 bits per heavy atom. The second kappa shape index (κ2) is 6.62. The highest BCUT2D eigenvalue weighted by atomic mass is 35.5. The van der Waals surface area contributed by atoms with Gasteiger partial charge < -0.3 is 5.32 Å². The van der Waals surface area contributed by atoms with Crippen LogP contribution in [-0.4, -0.2) is 25.4 Å². The summed E-state index contributed by atoms with van der Waals surface area (Å²) in [5.41, 5.74) is 0.224. The van der Waals surface area contributed by atoms with E-state index in [0.717, 1.165) is 7.05 Å². The van der Waals surface area contributed by atoms with Crippen molar-refractivity contribution in [3.05, 3.63) is 33.8 Å². The molecule has 9 heteroatoms. The molecule has 1 aromatic rings. The van der Waals surface area contributed by atoms with Gasteiger partial charge in [0.15, 0.2) is 5.92 Å². The maximum atomic E-state index is 12.7. The van der Waals surface area contributed by atoms with Crippen LogP contribution in [0.15, 0.2) is 18.2 Å². The van der Waals surface area contributed by atoms with E-state index in [-0.39, 0.29) is 15.6 Å². The summed E-state index contributed by atoms with van der Waals surface area (Å²) in [4.78, 5) is 0. The summed E-state index contributed by atoms with van der Waals surface area (Å²) in [6, 6.07) is 2.05. The first-order chi connectivity index (χ1) is 9.46. The van der Waals surface area contributed by atoms with Crippen molar-refractivity contribution in [3.8, 4) is 0 Å². The molecule has 0 amide bonds. The smallest absolute Gasteiger partial charge is 0.316 e. The molecule has 0 aromatic heterocycles. The largest absolute Gasteiger partial charge is 0.402 e. The van der Waals surface area contributed by atoms with Gasteiger partial charge in [0.1, 0.15) is 0 Å². The number of hydrogen-bond acceptors (Lipinski definition) is 1. The Balaban J connectivity index is 3.07. The molecule has 0 radical (unpaired) electrons. The first-order valence-electron chi connectivity index (χ1n) is 5.71. The molecule has 1 aromatic carbocycles. The van der Waals surface area contributed by atoms with Gasteiger partial charge >= 0.3 is 12.4 Å². The number of rotatable bonds is 4. The lowest BCUT2D eigenvalue weighted by Gasteiger charge is -2.30. The van der Waals surface area contributed by atoms with E-state index in [1.54, 1.807) is 0 Å². The van der Waals surface area contributed by atoms with E-state index in [2.05, 4.69) is 5.32 Å². The lowest BCUT2D eigenvalue weighted by atomic mass is 9.92. The number of nitrogens with one attached hydrogen (secondary N) is 1. The van der Waals surface area contributed by atoms with Gasteiger partial charge in [-0.05, 0) is 31.2 Å². The van der Waals surface area contributed by atoms with Crippen molar-refractivity contribution in [1.29, 1.82) is 0 Å². The SMILES string of the molecule is CNC(Cc1ccc(Cl)c(Cl)c1)C(C(F)(F)F)C(F)(F)F. The highest BCUT2D eigenvalue weighted by Crippen LogP contribution is 2.42. The van der Waals surface area contributed by atoms with E-state index < -0.39 is 30.7 Å². The molecule has 1 N–H and O–H groups in total. The van der Waals surface area contributed by atoms with Gasteiger partial charge in [-0.2, -0.15) is 26.3 Å². The molecule has 0 aliphatic carbocycles. The van der Waals surface area contributed by atoms with Crippen molar-refractivity contribution in [3.63, 3.8) is 0 Å². The van der Waals surface area contributed by atoms with Gasteiger partial charge in [0, 0.05) is 6.04 Å². The van der Waals surface area contributed by atoms with E-state index in [1.807, 2.05) is 0 Å². The summed E-state index contributed by atoms with van der Waals surface area (Å²) in [6.07, 6.45) is -11.3. The van der Waals surface area contributed by atoms with Gasteiger partial charge in [0.05, 0.1) is 10.0 Å². The Kier molecular flexibility index (Phi) is 5.80. The molecule has 0 heterocycles. The van der Waals surface area contributed by atoms with Gasteiger partial charge in [0.25, 0.3) is 0 Å². The van der Waals surface area contributed by atoms with Crippen LogP contribution in [0.2, 0.25) is 10.0 Å². The maximum Gasteiger partial charge on any atom is 0.402 e. The molecular weight excluding hydrogens is 343 g/mol. The number of alkyl halides is 6. The van der Waals surface area contributed by atoms with Crippen LogP contribution in [0.1, 0.15) is 5.56 Å². The summed E-state index contributed by atoms with van der Waals surface area (Å²) < 4.78 is 76.2. The molecule has 0 aliphatic rings. The van der Waals surface area contributed by atoms with E-state index >= 15 is 0 Å². The highest BCUT2D eigenvalue weighted by molar-refractivity contribution is 6.42. The molecule has 0 saturated carbocycles. The predicted octanol–water partition coefficient (Wildman–Crippen LogP) is 4.86. The summed E-state index contributed by atoms with van der Waals surface area (Å²) in [5.74, 6) is -3.47. The van der Waals surface area contributed by atoms with Gasteiger partial charge in [0.2, 0.25) is 0 Å². The zero-order chi connectivity index (χ0) is 16.4. The molecule has 120 valence electrons. The summed E-state index contributed by atoms with van der Waals surface area (Å²) in [7, 11) is 1.05. The zero-order valence-corrected chi connectivity index (χ0v) is 12.1. The Labute approximate surface area is 127 Å². The van der Waals surface area contributed by atoms with E-state index in [0.29, 0.717) is 0 Å². The lowest BCUT2D eigenvalue weighted by molar-refractivity contribution is -0.291. The third-order valence-corrected chi connectivity index (χ3v) is 3.66.